The van der Waals surface area contributed by atoms with Crippen LogP contribution in [0.2, 0.25) is 0 Å². The van der Waals surface area contributed by atoms with Crippen LogP contribution in [0.1, 0.15) is 51.4 Å². The highest BCUT2D eigenvalue weighted by atomic mass is 15.4. The molecule has 0 heterocycles. The van der Waals surface area contributed by atoms with Gasteiger partial charge in [-0.15, -0.1) is 6.58 Å². The van der Waals surface area contributed by atoms with Gasteiger partial charge in [-0.05, 0) is 25.7 Å². The zero-order valence-electron chi connectivity index (χ0n) is 10.4. The first-order valence-electron chi connectivity index (χ1n) is 6.08. The molecule has 0 aliphatic rings. The van der Waals surface area contributed by atoms with Gasteiger partial charge in [0, 0.05) is 20.3 Å². The summed E-state index contributed by atoms with van der Waals surface area (Å²) in [5.74, 6) is 0. The Morgan fingerprint density at radius 3 is 2.00 bits per heavy atom. The fourth-order valence-electron chi connectivity index (χ4n) is 1.45. The first kappa shape index (κ1) is 14.2. The van der Waals surface area contributed by atoms with E-state index in [0.29, 0.717) is 0 Å². The highest BCUT2D eigenvalue weighted by Gasteiger charge is 1.89. The predicted octanol–water partition coefficient (Wildman–Crippen LogP) is 3.84. The van der Waals surface area contributed by atoms with Crippen LogP contribution in [-0.2, 0) is 0 Å². The number of allylic oxidation sites excluding steroid dienone is 1. The van der Waals surface area contributed by atoms with Crippen molar-refractivity contribution in [3.05, 3.63) is 12.7 Å². The van der Waals surface area contributed by atoms with Crippen LogP contribution in [0.5, 0.6) is 0 Å². The van der Waals surface area contributed by atoms with Crippen molar-refractivity contribution < 1.29 is 0 Å². The van der Waals surface area contributed by atoms with Crippen molar-refractivity contribution in [1.29, 1.82) is 0 Å². The zero-order valence-corrected chi connectivity index (χ0v) is 10.4. The molecule has 0 saturated carbocycles. The first-order valence-corrected chi connectivity index (χ1v) is 6.08. The highest BCUT2D eigenvalue weighted by Crippen LogP contribution is 2.08. The molecule has 0 spiro atoms. The van der Waals surface area contributed by atoms with E-state index in [0.717, 1.165) is 6.42 Å². The molecular weight excluding hydrogens is 184 g/mol. The van der Waals surface area contributed by atoms with Crippen molar-refractivity contribution in [1.82, 2.24) is 5.01 Å². The van der Waals surface area contributed by atoms with E-state index in [9.17, 15) is 0 Å². The average molecular weight is 210 g/mol. The van der Waals surface area contributed by atoms with E-state index in [4.69, 9.17) is 0 Å². The molecule has 2 heteroatoms. The van der Waals surface area contributed by atoms with Crippen molar-refractivity contribution in [2.24, 2.45) is 5.10 Å². The van der Waals surface area contributed by atoms with E-state index in [1.165, 1.54) is 44.9 Å². The standard InChI is InChI=1S/C13H26N2/c1-4-5-6-7-8-9-10-11-12-13-14-15(2)3/h4,13H,1,5-12H2,2-3H3/b14-13+. The van der Waals surface area contributed by atoms with Gasteiger partial charge in [0.25, 0.3) is 0 Å². The number of hydrogen-bond acceptors (Lipinski definition) is 2. The number of unbranched alkanes of at least 4 members (excludes halogenated alkanes) is 7. The lowest BCUT2D eigenvalue weighted by atomic mass is 10.1. The lowest BCUT2D eigenvalue weighted by Crippen LogP contribution is -2.01. The molecule has 0 aromatic rings. The minimum Gasteiger partial charge on any atom is -0.303 e. The molecule has 88 valence electrons. The molecule has 0 atom stereocenters. The van der Waals surface area contributed by atoms with Crippen LogP contribution >= 0.6 is 0 Å². The fourth-order valence-corrected chi connectivity index (χ4v) is 1.45. The lowest BCUT2D eigenvalue weighted by molar-refractivity contribution is 0.438. The quantitative estimate of drug-likeness (QED) is 0.231. The number of hydrazone groups is 1. The summed E-state index contributed by atoms with van der Waals surface area (Å²) in [6, 6.07) is 0. The Morgan fingerprint density at radius 1 is 0.933 bits per heavy atom. The Bertz CT molecular complexity index is 162. The van der Waals surface area contributed by atoms with Gasteiger partial charge >= 0.3 is 0 Å². The van der Waals surface area contributed by atoms with E-state index in [-0.39, 0.29) is 0 Å². The maximum absolute atomic E-state index is 4.18. The molecule has 0 bridgehead atoms. The Balaban J connectivity index is 3.01. The second-order valence-electron chi connectivity index (χ2n) is 4.13. The van der Waals surface area contributed by atoms with E-state index >= 15 is 0 Å². The predicted molar refractivity (Wildman–Crippen MR) is 69.3 cm³/mol. The van der Waals surface area contributed by atoms with Crippen LogP contribution < -0.4 is 0 Å². The van der Waals surface area contributed by atoms with Gasteiger partial charge in [0.1, 0.15) is 0 Å². The Labute approximate surface area is 95.1 Å². The Hall–Kier alpha value is -0.790. The van der Waals surface area contributed by atoms with Crippen molar-refractivity contribution in [2.45, 2.75) is 51.4 Å². The van der Waals surface area contributed by atoms with Crippen LogP contribution in [0.15, 0.2) is 17.8 Å². The summed E-state index contributed by atoms with van der Waals surface area (Å²) >= 11 is 0. The smallest absolute Gasteiger partial charge is 0.0244 e. The van der Waals surface area contributed by atoms with Gasteiger partial charge in [-0.25, -0.2) is 0 Å². The summed E-state index contributed by atoms with van der Waals surface area (Å²) in [6.45, 7) is 3.72. The molecule has 0 aromatic carbocycles. The van der Waals surface area contributed by atoms with E-state index in [1.54, 1.807) is 0 Å². The van der Waals surface area contributed by atoms with E-state index < -0.39 is 0 Å². The van der Waals surface area contributed by atoms with Crippen LogP contribution in [0.3, 0.4) is 0 Å². The van der Waals surface area contributed by atoms with E-state index in [2.05, 4.69) is 11.7 Å². The summed E-state index contributed by atoms with van der Waals surface area (Å²) in [6.07, 6.45) is 14.3. The summed E-state index contributed by atoms with van der Waals surface area (Å²) in [5, 5.41) is 6.02. The molecule has 0 aliphatic heterocycles. The van der Waals surface area contributed by atoms with Crippen LogP contribution in [0.25, 0.3) is 0 Å². The maximum atomic E-state index is 4.18. The average Bonchev–Trinajstić information content (AvgIpc) is 2.20. The molecule has 0 aromatic heterocycles. The number of rotatable bonds is 10. The van der Waals surface area contributed by atoms with Crippen LogP contribution in [0.4, 0.5) is 0 Å². The largest absolute Gasteiger partial charge is 0.303 e. The van der Waals surface area contributed by atoms with Gasteiger partial charge in [-0.1, -0.05) is 31.8 Å². The van der Waals surface area contributed by atoms with E-state index in [1.807, 2.05) is 31.4 Å². The Kier molecular flexibility index (Phi) is 10.7. The summed E-state index contributed by atoms with van der Waals surface area (Å²) < 4.78 is 0. The molecule has 0 radical (unpaired) electrons. The SMILES string of the molecule is C=CCCCCCCCC/C=N/N(C)C. The molecule has 15 heavy (non-hydrogen) atoms. The zero-order chi connectivity index (χ0) is 11.4. The third-order valence-electron chi connectivity index (χ3n) is 2.30. The Morgan fingerprint density at radius 2 is 1.47 bits per heavy atom. The van der Waals surface area contributed by atoms with Crippen LogP contribution in [-0.4, -0.2) is 25.3 Å². The van der Waals surface area contributed by atoms with Gasteiger partial charge in [-0.2, -0.15) is 5.10 Å². The van der Waals surface area contributed by atoms with Crippen LogP contribution in [0, 0.1) is 0 Å². The number of nitrogens with zero attached hydrogens (tertiary/aromatic N) is 2. The molecule has 0 rings (SSSR count). The van der Waals surface area contributed by atoms with Gasteiger partial charge in [0.05, 0.1) is 0 Å². The monoisotopic (exact) mass is 210 g/mol. The van der Waals surface area contributed by atoms with Crippen molar-refractivity contribution in [3.8, 4) is 0 Å². The molecule has 0 saturated heterocycles. The lowest BCUT2D eigenvalue weighted by Gasteiger charge is -2.02. The minimum absolute atomic E-state index is 1.12. The normalized spacial score (nSPS) is 10.8. The van der Waals surface area contributed by atoms with Crippen molar-refractivity contribution >= 4 is 6.21 Å². The molecular formula is C13H26N2. The summed E-state index contributed by atoms with van der Waals surface area (Å²) in [4.78, 5) is 0. The van der Waals surface area contributed by atoms with Gasteiger partial charge in [-0.3, -0.25) is 0 Å². The minimum atomic E-state index is 1.12. The number of hydrogen-bond donors (Lipinski definition) is 0. The van der Waals surface area contributed by atoms with Crippen molar-refractivity contribution in [3.63, 3.8) is 0 Å². The molecule has 0 amide bonds. The molecule has 2 nitrogen and oxygen atoms in total. The van der Waals surface area contributed by atoms with Gasteiger partial charge in [0.2, 0.25) is 0 Å². The third-order valence-corrected chi connectivity index (χ3v) is 2.30. The first-order chi connectivity index (χ1) is 7.27. The molecule has 0 fully saturated rings. The fraction of sp³-hybridized carbons (Fsp3) is 0.769. The topological polar surface area (TPSA) is 15.6 Å². The highest BCUT2D eigenvalue weighted by molar-refractivity contribution is 5.56. The second kappa shape index (κ2) is 11.3. The second-order valence-corrected chi connectivity index (χ2v) is 4.13. The molecule has 0 N–H and O–H groups in total. The molecule has 0 aliphatic carbocycles. The maximum Gasteiger partial charge on any atom is 0.0244 e. The van der Waals surface area contributed by atoms with Crippen molar-refractivity contribution in [2.75, 3.05) is 14.1 Å². The molecule has 0 unspecified atom stereocenters. The van der Waals surface area contributed by atoms with Gasteiger partial charge in [0.15, 0.2) is 0 Å². The summed E-state index contributed by atoms with van der Waals surface area (Å²) in [5.41, 5.74) is 0. The summed E-state index contributed by atoms with van der Waals surface area (Å²) in [7, 11) is 3.91. The third kappa shape index (κ3) is 13.2. The van der Waals surface area contributed by atoms with Gasteiger partial charge < -0.3 is 5.01 Å².